The first-order valence-corrected chi connectivity index (χ1v) is 9.09. The minimum Gasteiger partial charge on any atom is -0.271 e. The molecule has 0 amide bonds. The topological polar surface area (TPSA) is 76.9 Å². The summed E-state index contributed by atoms with van der Waals surface area (Å²) in [5, 5.41) is 6.89. The monoisotopic (exact) mass is 328 g/mol. The fraction of sp³-hybridized carbons (Fsp3) is 0.538. The van der Waals surface area contributed by atoms with Crippen molar-refractivity contribution in [1.82, 2.24) is 19.5 Å². The molecule has 0 bridgehead atoms. The number of thiazole rings is 1. The van der Waals surface area contributed by atoms with Crippen LogP contribution < -0.4 is 4.72 Å². The van der Waals surface area contributed by atoms with E-state index in [0.29, 0.717) is 11.4 Å². The third-order valence-corrected chi connectivity index (χ3v) is 6.21. The van der Waals surface area contributed by atoms with Gasteiger partial charge in [0.2, 0.25) is 10.0 Å². The Bertz CT molecular complexity index is 746. The summed E-state index contributed by atoms with van der Waals surface area (Å²) in [6.07, 6.45) is 0.844. The van der Waals surface area contributed by atoms with Crippen LogP contribution in [0.4, 0.5) is 0 Å². The molecule has 0 aliphatic rings. The van der Waals surface area contributed by atoms with Crippen LogP contribution in [0.1, 0.15) is 42.0 Å². The summed E-state index contributed by atoms with van der Waals surface area (Å²) in [6, 6.07) is -0.362. The van der Waals surface area contributed by atoms with E-state index >= 15 is 0 Å². The first-order chi connectivity index (χ1) is 9.76. The van der Waals surface area contributed by atoms with Gasteiger partial charge in [-0.3, -0.25) is 4.68 Å². The second kappa shape index (κ2) is 5.86. The summed E-state index contributed by atoms with van der Waals surface area (Å²) in [5.74, 6) is 0. The zero-order chi connectivity index (χ0) is 15.8. The van der Waals surface area contributed by atoms with Crippen molar-refractivity contribution in [1.29, 1.82) is 0 Å². The van der Waals surface area contributed by atoms with Crippen molar-refractivity contribution in [3.8, 4) is 0 Å². The second-order valence-corrected chi connectivity index (χ2v) is 7.54. The highest BCUT2D eigenvalue weighted by atomic mass is 32.2. The molecule has 116 valence electrons. The first-order valence-electron chi connectivity index (χ1n) is 6.73. The van der Waals surface area contributed by atoms with Crippen LogP contribution in [0.15, 0.2) is 10.3 Å². The molecule has 2 aromatic rings. The summed E-state index contributed by atoms with van der Waals surface area (Å²) >= 11 is 1.47. The maximum Gasteiger partial charge on any atom is 0.244 e. The first kappa shape index (κ1) is 16.1. The predicted octanol–water partition coefficient (Wildman–Crippen LogP) is 2.10. The van der Waals surface area contributed by atoms with Crippen molar-refractivity contribution in [2.75, 3.05) is 0 Å². The molecule has 0 fully saturated rings. The Labute approximate surface area is 129 Å². The highest BCUT2D eigenvalue weighted by molar-refractivity contribution is 7.89. The van der Waals surface area contributed by atoms with E-state index in [2.05, 4.69) is 14.8 Å². The van der Waals surface area contributed by atoms with Gasteiger partial charge in [0.05, 0.1) is 23.1 Å². The third-order valence-electron chi connectivity index (χ3n) is 3.35. The van der Waals surface area contributed by atoms with E-state index < -0.39 is 10.0 Å². The Kier molecular flexibility index (Phi) is 4.50. The number of hydrogen-bond acceptors (Lipinski definition) is 5. The van der Waals surface area contributed by atoms with Crippen LogP contribution in [0, 0.1) is 13.8 Å². The van der Waals surface area contributed by atoms with E-state index in [-0.39, 0.29) is 10.9 Å². The lowest BCUT2D eigenvalue weighted by Crippen LogP contribution is -2.27. The molecule has 2 heterocycles. The van der Waals surface area contributed by atoms with E-state index in [1.165, 1.54) is 11.3 Å². The average molecular weight is 328 g/mol. The zero-order valence-corrected chi connectivity index (χ0v) is 14.5. The van der Waals surface area contributed by atoms with Crippen molar-refractivity contribution in [3.05, 3.63) is 27.5 Å². The van der Waals surface area contributed by atoms with Crippen LogP contribution in [-0.2, 0) is 23.5 Å². The Balaban J connectivity index is 2.28. The van der Waals surface area contributed by atoms with Crippen molar-refractivity contribution < 1.29 is 8.42 Å². The molecule has 1 atom stereocenters. The molecular formula is C13H20N4O2S2. The summed E-state index contributed by atoms with van der Waals surface area (Å²) in [5.41, 5.74) is 2.11. The molecule has 0 aliphatic carbocycles. The Morgan fingerprint density at radius 1 is 1.43 bits per heavy atom. The van der Waals surface area contributed by atoms with Gasteiger partial charge in [-0.25, -0.2) is 18.1 Å². The van der Waals surface area contributed by atoms with Gasteiger partial charge in [0, 0.05) is 12.4 Å². The lowest BCUT2D eigenvalue weighted by molar-refractivity contribution is 0.564. The Morgan fingerprint density at radius 2 is 2.10 bits per heavy atom. The molecule has 1 N–H and O–H groups in total. The average Bonchev–Trinajstić information content (AvgIpc) is 2.95. The van der Waals surface area contributed by atoms with Gasteiger partial charge in [0.25, 0.3) is 0 Å². The van der Waals surface area contributed by atoms with E-state index in [1.54, 1.807) is 32.5 Å². The van der Waals surface area contributed by atoms with Gasteiger partial charge >= 0.3 is 0 Å². The zero-order valence-electron chi connectivity index (χ0n) is 12.8. The van der Waals surface area contributed by atoms with Gasteiger partial charge in [-0.05, 0) is 27.2 Å². The van der Waals surface area contributed by atoms with Crippen molar-refractivity contribution in [3.63, 3.8) is 0 Å². The fourth-order valence-electron chi connectivity index (χ4n) is 2.17. The Hall–Kier alpha value is -1.25. The van der Waals surface area contributed by atoms with E-state index in [9.17, 15) is 8.42 Å². The molecule has 0 spiro atoms. The largest absolute Gasteiger partial charge is 0.271 e. The van der Waals surface area contributed by atoms with Gasteiger partial charge in [0.1, 0.15) is 9.90 Å². The van der Waals surface area contributed by atoms with Gasteiger partial charge in [-0.2, -0.15) is 5.10 Å². The molecule has 0 saturated carbocycles. The molecule has 0 aromatic carbocycles. The maximum absolute atomic E-state index is 12.6. The van der Waals surface area contributed by atoms with Crippen LogP contribution in [0.2, 0.25) is 0 Å². The molecule has 0 saturated heterocycles. The molecule has 6 nitrogen and oxygen atoms in total. The minimum absolute atomic E-state index is 0.254. The van der Waals surface area contributed by atoms with Crippen molar-refractivity contribution in [2.24, 2.45) is 7.05 Å². The van der Waals surface area contributed by atoms with Crippen LogP contribution in [-0.4, -0.2) is 23.2 Å². The van der Waals surface area contributed by atoms with E-state index in [4.69, 9.17) is 0 Å². The van der Waals surface area contributed by atoms with Gasteiger partial charge in [-0.1, -0.05) is 6.92 Å². The molecule has 2 rings (SSSR count). The predicted molar refractivity (Wildman–Crippen MR) is 82.9 cm³/mol. The van der Waals surface area contributed by atoms with Crippen LogP contribution >= 0.6 is 11.3 Å². The number of aryl methyl sites for hydroxylation is 3. The number of nitrogens with zero attached hydrogens (tertiary/aromatic N) is 3. The summed E-state index contributed by atoms with van der Waals surface area (Å²) < 4.78 is 29.4. The molecular weight excluding hydrogens is 308 g/mol. The van der Waals surface area contributed by atoms with E-state index in [1.807, 2.05) is 12.3 Å². The SMILES string of the molecule is CCc1csc([C@@H](C)NS(=O)(=O)c2c(C)nn(C)c2C)n1. The summed E-state index contributed by atoms with van der Waals surface area (Å²) in [4.78, 5) is 4.68. The normalized spacial score (nSPS) is 13.6. The third kappa shape index (κ3) is 3.17. The standard InChI is InChI=1S/C13H20N4O2S2/c1-6-11-7-20-13(14-11)9(3)16-21(18,19)12-8(2)15-17(5)10(12)4/h7,9,16H,6H2,1-5H3/t9-/m1/s1. The van der Waals surface area contributed by atoms with Crippen LogP contribution in [0.25, 0.3) is 0 Å². The van der Waals surface area contributed by atoms with Gasteiger partial charge in [-0.15, -0.1) is 11.3 Å². The maximum atomic E-state index is 12.6. The summed E-state index contributed by atoms with van der Waals surface area (Å²) in [7, 11) is -1.88. The summed E-state index contributed by atoms with van der Waals surface area (Å²) in [6.45, 7) is 7.27. The van der Waals surface area contributed by atoms with Gasteiger partial charge in [0.15, 0.2) is 0 Å². The molecule has 8 heteroatoms. The number of nitrogens with one attached hydrogen (secondary N) is 1. The van der Waals surface area contributed by atoms with Crippen LogP contribution in [0.5, 0.6) is 0 Å². The fourth-order valence-corrected chi connectivity index (χ4v) is 4.80. The lowest BCUT2D eigenvalue weighted by atomic mass is 10.3. The van der Waals surface area contributed by atoms with Gasteiger partial charge < -0.3 is 0 Å². The molecule has 21 heavy (non-hydrogen) atoms. The molecule has 0 radical (unpaired) electrons. The highest BCUT2D eigenvalue weighted by Crippen LogP contribution is 2.23. The molecule has 0 aliphatic heterocycles. The number of hydrogen-bond donors (Lipinski definition) is 1. The molecule has 2 aromatic heterocycles. The Morgan fingerprint density at radius 3 is 2.57 bits per heavy atom. The lowest BCUT2D eigenvalue weighted by Gasteiger charge is -2.12. The number of aromatic nitrogens is 3. The number of sulfonamides is 1. The van der Waals surface area contributed by atoms with Crippen molar-refractivity contribution >= 4 is 21.4 Å². The second-order valence-electron chi connectivity index (χ2n) is 5.00. The highest BCUT2D eigenvalue weighted by Gasteiger charge is 2.26. The van der Waals surface area contributed by atoms with E-state index in [0.717, 1.165) is 17.1 Å². The number of rotatable bonds is 5. The quantitative estimate of drug-likeness (QED) is 0.912. The van der Waals surface area contributed by atoms with Crippen LogP contribution in [0.3, 0.4) is 0 Å². The smallest absolute Gasteiger partial charge is 0.244 e. The molecule has 0 unspecified atom stereocenters. The minimum atomic E-state index is -3.61. The van der Waals surface area contributed by atoms with Crippen molar-refractivity contribution in [2.45, 2.75) is 45.1 Å².